The van der Waals surface area contributed by atoms with Crippen LogP contribution in [0.4, 0.5) is 8.78 Å². The standard InChI is InChI=1S/C14H9Cl3F2O/c1-20-7-2-3-8(10(4-7)14(18)19)9-5-12(16)13(17)6-11(9)15/h2-6,14H,1H3. The molecule has 2 aromatic carbocycles. The number of hydrogen-bond donors (Lipinski definition) is 0. The van der Waals surface area contributed by atoms with Crippen molar-refractivity contribution in [3.05, 3.63) is 51.0 Å². The summed E-state index contributed by atoms with van der Waals surface area (Å²) in [6.45, 7) is 0. The molecule has 0 spiro atoms. The van der Waals surface area contributed by atoms with Crippen LogP contribution in [-0.4, -0.2) is 7.11 Å². The van der Waals surface area contributed by atoms with Gasteiger partial charge in [0.1, 0.15) is 5.75 Å². The first-order chi connectivity index (χ1) is 9.43. The van der Waals surface area contributed by atoms with Crippen molar-refractivity contribution in [2.75, 3.05) is 7.11 Å². The van der Waals surface area contributed by atoms with Crippen molar-refractivity contribution in [1.29, 1.82) is 0 Å². The molecule has 0 amide bonds. The summed E-state index contributed by atoms with van der Waals surface area (Å²) < 4.78 is 31.3. The van der Waals surface area contributed by atoms with E-state index >= 15 is 0 Å². The molecule has 0 atom stereocenters. The van der Waals surface area contributed by atoms with Crippen molar-refractivity contribution in [3.8, 4) is 16.9 Å². The normalized spacial score (nSPS) is 10.9. The van der Waals surface area contributed by atoms with Gasteiger partial charge in [-0.2, -0.15) is 0 Å². The van der Waals surface area contributed by atoms with Crippen molar-refractivity contribution < 1.29 is 13.5 Å². The summed E-state index contributed by atoms with van der Waals surface area (Å²) in [6, 6.07) is 7.28. The zero-order chi connectivity index (χ0) is 14.9. The van der Waals surface area contributed by atoms with Gasteiger partial charge in [-0.05, 0) is 29.8 Å². The van der Waals surface area contributed by atoms with Gasteiger partial charge in [-0.1, -0.05) is 40.9 Å². The van der Waals surface area contributed by atoms with Crippen molar-refractivity contribution in [2.24, 2.45) is 0 Å². The van der Waals surface area contributed by atoms with Crippen molar-refractivity contribution in [1.82, 2.24) is 0 Å². The number of rotatable bonds is 3. The second-order valence-corrected chi connectivity index (χ2v) is 5.22. The maximum atomic E-state index is 13.2. The number of benzene rings is 2. The van der Waals surface area contributed by atoms with E-state index in [4.69, 9.17) is 39.5 Å². The van der Waals surface area contributed by atoms with Gasteiger partial charge in [0.05, 0.1) is 17.2 Å². The van der Waals surface area contributed by atoms with Crippen LogP contribution in [0.1, 0.15) is 12.0 Å². The Bertz CT molecular complexity index is 645. The fourth-order valence-corrected chi connectivity index (χ4v) is 2.47. The highest BCUT2D eigenvalue weighted by Gasteiger charge is 2.18. The highest BCUT2D eigenvalue weighted by atomic mass is 35.5. The van der Waals surface area contributed by atoms with E-state index in [-0.39, 0.29) is 20.6 Å². The Balaban J connectivity index is 2.66. The number of ether oxygens (including phenoxy) is 1. The smallest absolute Gasteiger partial charge is 0.264 e. The van der Waals surface area contributed by atoms with Gasteiger partial charge >= 0.3 is 0 Å². The summed E-state index contributed by atoms with van der Waals surface area (Å²) in [5.41, 5.74) is 0.521. The lowest BCUT2D eigenvalue weighted by molar-refractivity contribution is 0.151. The summed E-state index contributed by atoms with van der Waals surface area (Å²) in [5, 5.41) is 0.779. The van der Waals surface area contributed by atoms with E-state index in [1.807, 2.05) is 0 Å². The number of methoxy groups -OCH3 is 1. The first kappa shape index (κ1) is 15.4. The number of alkyl halides is 2. The predicted molar refractivity (Wildman–Crippen MR) is 78.4 cm³/mol. The molecular formula is C14H9Cl3F2O. The molecule has 0 saturated carbocycles. The van der Waals surface area contributed by atoms with E-state index in [0.29, 0.717) is 16.9 Å². The molecule has 2 aromatic rings. The van der Waals surface area contributed by atoms with Gasteiger partial charge in [-0.3, -0.25) is 0 Å². The lowest BCUT2D eigenvalue weighted by Crippen LogP contribution is -1.93. The average molecular weight is 338 g/mol. The highest BCUT2D eigenvalue weighted by Crippen LogP contribution is 2.40. The maximum absolute atomic E-state index is 13.2. The zero-order valence-corrected chi connectivity index (χ0v) is 12.5. The second kappa shape index (κ2) is 6.17. The van der Waals surface area contributed by atoms with Crippen LogP contribution in [0.25, 0.3) is 11.1 Å². The maximum Gasteiger partial charge on any atom is 0.264 e. The first-order valence-electron chi connectivity index (χ1n) is 5.55. The molecule has 0 aliphatic carbocycles. The summed E-state index contributed by atoms with van der Waals surface area (Å²) in [4.78, 5) is 0. The van der Waals surface area contributed by atoms with E-state index in [2.05, 4.69) is 0 Å². The highest BCUT2D eigenvalue weighted by molar-refractivity contribution is 6.44. The zero-order valence-electron chi connectivity index (χ0n) is 10.3. The Kier molecular flexibility index (Phi) is 4.74. The van der Waals surface area contributed by atoms with Crippen LogP contribution >= 0.6 is 34.8 Å². The molecule has 6 heteroatoms. The lowest BCUT2D eigenvalue weighted by Gasteiger charge is -2.13. The van der Waals surface area contributed by atoms with Crippen molar-refractivity contribution in [2.45, 2.75) is 6.43 Å². The van der Waals surface area contributed by atoms with E-state index in [1.165, 1.54) is 31.4 Å². The predicted octanol–water partition coefficient (Wildman–Crippen LogP) is 6.26. The second-order valence-electron chi connectivity index (χ2n) is 4.00. The Morgan fingerprint density at radius 2 is 1.55 bits per heavy atom. The van der Waals surface area contributed by atoms with Crippen LogP contribution in [-0.2, 0) is 0 Å². The molecule has 106 valence electrons. The average Bonchev–Trinajstić information content (AvgIpc) is 2.42. The van der Waals surface area contributed by atoms with Crippen LogP contribution in [0.5, 0.6) is 5.75 Å². The lowest BCUT2D eigenvalue weighted by atomic mass is 9.99. The third kappa shape index (κ3) is 3.00. The molecule has 1 nitrogen and oxygen atoms in total. The summed E-state index contributed by atoms with van der Waals surface area (Å²) in [5.74, 6) is 0.347. The molecule has 0 fully saturated rings. The molecule has 0 unspecified atom stereocenters. The molecular weight excluding hydrogens is 329 g/mol. The van der Waals surface area contributed by atoms with Gasteiger partial charge in [0.15, 0.2) is 0 Å². The number of halogens is 5. The van der Waals surface area contributed by atoms with Gasteiger partial charge in [-0.15, -0.1) is 0 Å². The molecule has 0 heterocycles. The minimum Gasteiger partial charge on any atom is -0.497 e. The third-order valence-electron chi connectivity index (χ3n) is 2.79. The molecule has 0 aliphatic heterocycles. The molecule has 2 rings (SSSR count). The quantitative estimate of drug-likeness (QED) is 0.601. The van der Waals surface area contributed by atoms with Gasteiger partial charge in [-0.25, -0.2) is 8.78 Å². The Hall–Kier alpha value is -1.03. The fourth-order valence-electron chi connectivity index (χ4n) is 1.82. The molecule has 0 N–H and O–H groups in total. The third-order valence-corrected chi connectivity index (χ3v) is 3.83. The van der Waals surface area contributed by atoms with Crippen LogP contribution in [0.3, 0.4) is 0 Å². The van der Waals surface area contributed by atoms with E-state index in [9.17, 15) is 8.78 Å². The Morgan fingerprint density at radius 1 is 0.900 bits per heavy atom. The Labute approximate surface area is 130 Å². The van der Waals surface area contributed by atoms with Crippen molar-refractivity contribution in [3.63, 3.8) is 0 Å². The van der Waals surface area contributed by atoms with Crippen LogP contribution in [0.2, 0.25) is 15.1 Å². The Morgan fingerprint density at radius 3 is 2.15 bits per heavy atom. The SMILES string of the molecule is COc1ccc(-c2cc(Cl)c(Cl)cc2Cl)c(C(F)F)c1. The van der Waals surface area contributed by atoms with Gasteiger partial charge < -0.3 is 4.74 Å². The van der Waals surface area contributed by atoms with Crippen LogP contribution in [0.15, 0.2) is 30.3 Å². The van der Waals surface area contributed by atoms with Crippen LogP contribution < -0.4 is 4.74 Å². The largest absolute Gasteiger partial charge is 0.497 e. The minimum absolute atomic E-state index is 0.176. The van der Waals surface area contributed by atoms with E-state index in [1.54, 1.807) is 6.07 Å². The monoisotopic (exact) mass is 336 g/mol. The molecule has 0 aliphatic rings. The molecule has 0 aromatic heterocycles. The van der Waals surface area contributed by atoms with E-state index in [0.717, 1.165) is 0 Å². The van der Waals surface area contributed by atoms with Crippen molar-refractivity contribution >= 4 is 34.8 Å². The fraction of sp³-hybridized carbons (Fsp3) is 0.143. The number of hydrogen-bond acceptors (Lipinski definition) is 1. The van der Waals surface area contributed by atoms with Gasteiger partial charge in [0.2, 0.25) is 0 Å². The summed E-state index contributed by atoms with van der Waals surface area (Å²) in [7, 11) is 1.41. The van der Waals surface area contributed by atoms with Gasteiger partial charge in [0.25, 0.3) is 6.43 Å². The van der Waals surface area contributed by atoms with E-state index < -0.39 is 6.43 Å². The molecule has 20 heavy (non-hydrogen) atoms. The van der Waals surface area contributed by atoms with Gasteiger partial charge in [0, 0.05) is 16.1 Å². The molecule has 0 bridgehead atoms. The first-order valence-corrected chi connectivity index (χ1v) is 6.68. The molecule has 0 saturated heterocycles. The molecule has 0 radical (unpaired) electrons. The summed E-state index contributed by atoms with van der Waals surface area (Å²) >= 11 is 17.8. The minimum atomic E-state index is -2.66. The topological polar surface area (TPSA) is 9.23 Å². The van der Waals surface area contributed by atoms with Crippen LogP contribution in [0, 0.1) is 0 Å². The summed E-state index contributed by atoms with van der Waals surface area (Å²) in [6.07, 6.45) is -2.66.